The van der Waals surface area contributed by atoms with E-state index in [9.17, 15) is 0 Å². The van der Waals surface area contributed by atoms with Gasteiger partial charge in [0.2, 0.25) is 0 Å². The maximum Gasteiger partial charge on any atom is 0.164 e. The summed E-state index contributed by atoms with van der Waals surface area (Å²) in [6.45, 7) is 2.33. The second-order valence-corrected chi connectivity index (χ2v) is 12.5. The minimum absolute atomic E-state index is 0.416. The van der Waals surface area contributed by atoms with Crippen molar-refractivity contribution in [2.75, 3.05) is 0 Å². The van der Waals surface area contributed by atoms with Gasteiger partial charge in [0, 0.05) is 44.4 Å². The molecule has 6 aromatic carbocycles. The van der Waals surface area contributed by atoms with Gasteiger partial charge in [0.25, 0.3) is 0 Å². The van der Waals surface area contributed by atoms with E-state index in [4.69, 9.17) is 19.4 Å². The Bertz CT molecular complexity index is 2360. The number of benzene rings is 6. The van der Waals surface area contributed by atoms with Gasteiger partial charge in [-0.2, -0.15) is 0 Å². The van der Waals surface area contributed by atoms with Crippen LogP contribution in [-0.2, 0) is 5.41 Å². The fraction of sp³-hybridized carbons (Fsp3) is 0.0444. The second kappa shape index (κ2) is 11.7. The van der Waals surface area contributed by atoms with E-state index >= 15 is 0 Å². The van der Waals surface area contributed by atoms with Gasteiger partial charge >= 0.3 is 0 Å². The highest BCUT2D eigenvalue weighted by molar-refractivity contribution is 5.96. The van der Waals surface area contributed by atoms with Crippen molar-refractivity contribution in [3.8, 4) is 67.9 Å². The number of aromatic nitrogens is 3. The summed E-state index contributed by atoms with van der Waals surface area (Å²) in [5.74, 6) is 3.66. The number of fused-ring (bicyclic) bond motifs is 3. The van der Waals surface area contributed by atoms with Crippen LogP contribution in [-0.4, -0.2) is 15.0 Å². The standard InChI is InChI=1S/C45H31N3O/c1-45(35-22-12-5-13-23-35)37-25-15-14-24-36(37)38-39(45)41(49-40(38)30-16-6-2-7-17-30)31-26-28-34(29-27-31)44-47-42(32-18-8-3-9-19-32)46-43(48-44)33-20-10-4-11-21-33/h2-29H,1H3. The number of rotatable bonds is 6. The lowest BCUT2D eigenvalue weighted by Gasteiger charge is -2.28. The molecule has 0 spiro atoms. The van der Waals surface area contributed by atoms with Crippen molar-refractivity contribution < 1.29 is 4.42 Å². The number of hydrogen-bond acceptors (Lipinski definition) is 4. The maximum absolute atomic E-state index is 6.99. The van der Waals surface area contributed by atoms with Crippen molar-refractivity contribution in [2.45, 2.75) is 12.3 Å². The SMILES string of the molecule is CC1(c2ccccc2)c2ccccc2-c2c(-c3ccccc3)oc(-c3ccc(-c4nc(-c5ccccc5)nc(-c5ccccc5)n4)cc3)c21. The van der Waals surface area contributed by atoms with Crippen LogP contribution in [0.2, 0.25) is 0 Å². The summed E-state index contributed by atoms with van der Waals surface area (Å²) in [4.78, 5) is 14.8. The Morgan fingerprint density at radius 1 is 0.408 bits per heavy atom. The Labute approximate surface area is 285 Å². The van der Waals surface area contributed by atoms with Crippen molar-refractivity contribution >= 4 is 0 Å². The fourth-order valence-corrected chi connectivity index (χ4v) is 7.21. The molecule has 4 nitrogen and oxygen atoms in total. The number of nitrogens with zero attached hydrogens (tertiary/aromatic N) is 3. The van der Waals surface area contributed by atoms with E-state index in [0.29, 0.717) is 17.5 Å². The minimum atomic E-state index is -0.416. The molecule has 232 valence electrons. The van der Waals surface area contributed by atoms with E-state index in [1.54, 1.807) is 0 Å². The lowest BCUT2D eigenvalue weighted by atomic mass is 9.73. The van der Waals surface area contributed by atoms with Gasteiger partial charge in [0.15, 0.2) is 17.5 Å². The van der Waals surface area contributed by atoms with E-state index < -0.39 is 5.41 Å². The molecule has 2 aromatic heterocycles. The number of hydrogen-bond donors (Lipinski definition) is 0. The van der Waals surface area contributed by atoms with Crippen LogP contribution in [0.25, 0.3) is 67.9 Å². The van der Waals surface area contributed by atoms with Crippen LogP contribution in [0, 0.1) is 0 Å². The zero-order valence-corrected chi connectivity index (χ0v) is 26.9. The van der Waals surface area contributed by atoms with E-state index in [0.717, 1.165) is 44.9 Å². The molecular formula is C45H31N3O. The molecule has 0 saturated carbocycles. The molecule has 0 fully saturated rings. The molecule has 4 heteroatoms. The summed E-state index contributed by atoms with van der Waals surface area (Å²) < 4.78 is 6.99. The predicted molar refractivity (Wildman–Crippen MR) is 197 cm³/mol. The van der Waals surface area contributed by atoms with E-state index in [-0.39, 0.29) is 0 Å². The van der Waals surface area contributed by atoms with Gasteiger partial charge in [-0.15, -0.1) is 0 Å². The third kappa shape index (κ3) is 4.80. The summed E-state index contributed by atoms with van der Waals surface area (Å²) >= 11 is 0. The first kappa shape index (κ1) is 28.8. The number of furan rings is 1. The topological polar surface area (TPSA) is 51.8 Å². The van der Waals surface area contributed by atoms with Crippen molar-refractivity contribution in [2.24, 2.45) is 0 Å². The third-order valence-electron chi connectivity index (χ3n) is 9.64. The quantitative estimate of drug-likeness (QED) is 0.184. The lowest BCUT2D eigenvalue weighted by Crippen LogP contribution is -2.22. The van der Waals surface area contributed by atoms with E-state index in [2.05, 4.69) is 110 Å². The van der Waals surface area contributed by atoms with Crippen LogP contribution in [0.5, 0.6) is 0 Å². The highest BCUT2D eigenvalue weighted by Crippen LogP contribution is 2.59. The van der Waals surface area contributed by atoms with Gasteiger partial charge in [-0.05, 0) is 23.6 Å². The zero-order valence-electron chi connectivity index (χ0n) is 26.9. The van der Waals surface area contributed by atoms with Crippen LogP contribution in [0.15, 0.2) is 174 Å². The lowest BCUT2D eigenvalue weighted by molar-refractivity contribution is 0.583. The molecule has 1 atom stereocenters. The molecule has 49 heavy (non-hydrogen) atoms. The van der Waals surface area contributed by atoms with E-state index in [1.165, 1.54) is 22.3 Å². The first-order valence-corrected chi connectivity index (χ1v) is 16.5. The van der Waals surface area contributed by atoms with Crippen LogP contribution >= 0.6 is 0 Å². The van der Waals surface area contributed by atoms with Crippen LogP contribution in [0.4, 0.5) is 0 Å². The van der Waals surface area contributed by atoms with Crippen molar-refractivity contribution in [1.29, 1.82) is 0 Å². The Morgan fingerprint density at radius 2 is 0.816 bits per heavy atom. The maximum atomic E-state index is 6.99. The third-order valence-corrected chi connectivity index (χ3v) is 9.64. The van der Waals surface area contributed by atoms with Crippen molar-refractivity contribution in [1.82, 2.24) is 15.0 Å². The molecule has 2 heterocycles. The van der Waals surface area contributed by atoms with Gasteiger partial charge in [0.1, 0.15) is 11.5 Å². The van der Waals surface area contributed by atoms with Crippen LogP contribution in [0.3, 0.4) is 0 Å². The first-order valence-electron chi connectivity index (χ1n) is 16.5. The minimum Gasteiger partial charge on any atom is -0.455 e. The molecular weight excluding hydrogens is 599 g/mol. The van der Waals surface area contributed by atoms with Gasteiger partial charge in [-0.3, -0.25) is 0 Å². The highest BCUT2D eigenvalue weighted by atomic mass is 16.3. The Morgan fingerprint density at radius 3 is 1.37 bits per heavy atom. The zero-order chi connectivity index (χ0) is 32.8. The fourth-order valence-electron chi connectivity index (χ4n) is 7.21. The normalized spacial score (nSPS) is 14.7. The van der Waals surface area contributed by atoms with Gasteiger partial charge in [-0.1, -0.05) is 170 Å². The molecule has 0 amide bonds. The average Bonchev–Trinajstić information content (AvgIpc) is 3.71. The molecule has 9 rings (SSSR count). The molecule has 0 bridgehead atoms. The molecule has 0 N–H and O–H groups in total. The average molecular weight is 630 g/mol. The first-order chi connectivity index (χ1) is 24.2. The van der Waals surface area contributed by atoms with Gasteiger partial charge in [-0.25, -0.2) is 15.0 Å². The second-order valence-electron chi connectivity index (χ2n) is 12.5. The largest absolute Gasteiger partial charge is 0.455 e. The summed E-state index contributed by atoms with van der Waals surface area (Å²) in [5, 5.41) is 0. The Kier molecular flexibility index (Phi) is 6.87. The van der Waals surface area contributed by atoms with E-state index in [1.807, 2.05) is 66.7 Å². The molecule has 1 aliphatic rings. The molecule has 8 aromatic rings. The summed E-state index contributed by atoms with van der Waals surface area (Å²) in [7, 11) is 0. The molecule has 0 aliphatic heterocycles. The molecule has 0 saturated heterocycles. The van der Waals surface area contributed by atoms with Crippen LogP contribution in [0.1, 0.15) is 23.6 Å². The predicted octanol–water partition coefficient (Wildman–Crippen LogP) is 11.1. The van der Waals surface area contributed by atoms with Crippen LogP contribution < -0.4 is 0 Å². The highest BCUT2D eigenvalue weighted by Gasteiger charge is 2.46. The smallest absolute Gasteiger partial charge is 0.164 e. The monoisotopic (exact) mass is 629 g/mol. The molecule has 1 unspecified atom stereocenters. The Balaban J connectivity index is 1.22. The summed E-state index contributed by atoms with van der Waals surface area (Å²) in [6, 6.07) is 58.5. The van der Waals surface area contributed by atoms with Crippen molar-refractivity contribution in [3.63, 3.8) is 0 Å². The van der Waals surface area contributed by atoms with Crippen molar-refractivity contribution in [3.05, 3.63) is 187 Å². The summed E-state index contributed by atoms with van der Waals surface area (Å²) in [5.41, 5.74) is 10.5. The molecule has 0 radical (unpaired) electrons. The van der Waals surface area contributed by atoms with Gasteiger partial charge < -0.3 is 4.42 Å². The summed E-state index contributed by atoms with van der Waals surface area (Å²) in [6.07, 6.45) is 0. The van der Waals surface area contributed by atoms with Gasteiger partial charge in [0.05, 0.1) is 0 Å². The Hall–Kier alpha value is -6.39. The molecule has 1 aliphatic carbocycles.